The first-order chi connectivity index (χ1) is 14.1. The van der Waals surface area contributed by atoms with E-state index in [9.17, 15) is 14.7 Å². The molecule has 0 unspecified atom stereocenters. The largest absolute Gasteiger partial charge is 0.465 e. The van der Waals surface area contributed by atoms with Gasteiger partial charge in [-0.25, -0.2) is 9.59 Å². The lowest BCUT2D eigenvalue weighted by Crippen LogP contribution is -2.63. The van der Waals surface area contributed by atoms with Crippen LogP contribution in [0.15, 0.2) is 42.6 Å². The summed E-state index contributed by atoms with van der Waals surface area (Å²) in [5.74, 6) is 0. The van der Waals surface area contributed by atoms with Gasteiger partial charge in [0.05, 0.1) is 11.2 Å². The van der Waals surface area contributed by atoms with Crippen LogP contribution in [0.5, 0.6) is 0 Å². The summed E-state index contributed by atoms with van der Waals surface area (Å²) in [4.78, 5) is 27.8. The highest BCUT2D eigenvalue weighted by Crippen LogP contribution is 2.27. The van der Waals surface area contributed by atoms with Crippen molar-refractivity contribution >= 4 is 12.2 Å². The van der Waals surface area contributed by atoms with Crippen molar-refractivity contribution in [2.75, 3.05) is 19.6 Å². The van der Waals surface area contributed by atoms with Gasteiger partial charge in [-0.2, -0.15) is 9.78 Å². The molecule has 1 atom stereocenters. The fourth-order valence-corrected chi connectivity index (χ4v) is 3.89. The van der Waals surface area contributed by atoms with Gasteiger partial charge in [0.2, 0.25) is 0 Å². The second kappa shape index (κ2) is 8.47. The summed E-state index contributed by atoms with van der Waals surface area (Å²) in [6, 6.07) is 11.7. The number of aromatic nitrogens is 2. The highest BCUT2D eigenvalue weighted by molar-refractivity contribution is 5.69. The SMILES string of the molecule is CC(C)(C)OC(=O)n1ccc(CN2CCN(C(=O)O)[C@@](C)(Cc3ccccc3)C2)n1. The third kappa shape index (κ3) is 5.38. The summed E-state index contributed by atoms with van der Waals surface area (Å²) in [5, 5.41) is 14.1. The number of piperazine rings is 1. The maximum absolute atomic E-state index is 12.2. The lowest BCUT2D eigenvalue weighted by atomic mass is 9.88. The molecule has 3 rings (SSSR count). The maximum atomic E-state index is 12.2. The molecule has 0 bridgehead atoms. The van der Waals surface area contributed by atoms with Gasteiger partial charge in [0.25, 0.3) is 0 Å². The topological polar surface area (TPSA) is 87.9 Å². The number of hydrogen-bond acceptors (Lipinski definition) is 5. The van der Waals surface area contributed by atoms with Crippen LogP contribution < -0.4 is 0 Å². The molecule has 1 aliphatic heterocycles. The van der Waals surface area contributed by atoms with Crippen LogP contribution in [-0.4, -0.2) is 67.6 Å². The Kier molecular flexibility index (Phi) is 6.17. The molecular formula is C22H30N4O4. The molecule has 1 aromatic heterocycles. The van der Waals surface area contributed by atoms with Crippen LogP contribution in [0.1, 0.15) is 39.0 Å². The number of nitrogens with zero attached hydrogens (tertiary/aromatic N) is 4. The Morgan fingerprint density at radius 2 is 1.87 bits per heavy atom. The monoisotopic (exact) mass is 414 g/mol. The Morgan fingerprint density at radius 3 is 2.50 bits per heavy atom. The first-order valence-corrected chi connectivity index (χ1v) is 10.1. The standard InChI is InChI=1S/C22H30N4O4/c1-21(2,3)30-20(29)26-11-10-18(23-26)15-24-12-13-25(19(27)28)22(4,16-24)14-17-8-6-5-7-9-17/h5-11H,12-16H2,1-4H3,(H,27,28)/t22-/m0/s1. The molecule has 1 saturated heterocycles. The summed E-state index contributed by atoms with van der Waals surface area (Å²) in [5.41, 5.74) is 0.698. The highest BCUT2D eigenvalue weighted by Gasteiger charge is 2.40. The fourth-order valence-electron chi connectivity index (χ4n) is 3.89. The molecule has 2 heterocycles. The lowest BCUT2D eigenvalue weighted by Gasteiger charge is -2.47. The van der Waals surface area contributed by atoms with Crippen molar-refractivity contribution in [3.63, 3.8) is 0 Å². The molecular weight excluding hydrogens is 384 g/mol. The second-order valence-electron chi connectivity index (χ2n) is 9.04. The predicted molar refractivity (Wildman–Crippen MR) is 112 cm³/mol. The van der Waals surface area contributed by atoms with Crippen LogP contribution in [0.25, 0.3) is 0 Å². The number of ether oxygens (including phenoxy) is 1. The third-order valence-corrected chi connectivity index (χ3v) is 5.12. The summed E-state index contributed by atoms with van der Waals surface area (Å²) in [6.07, 6.45) is 0.809. The zero-order valence-corrected chi connectivity index (χ0v) is 18.0. The number of rotatable bonds is 4. The molecule has 8 heteroatoms. The molecule has 1 aliphatic rings. The Balaban J connectivity index is 1.70. The van der Waals surface area contributed by atoms with Gasteiger partial charge in [-0.05, 0) is 45.7 Å². The van der Waals surface area contributed by atoms with Gasteiger partial charge in [-0.15, -0.1) is 0 Å². The molecule has 0 saturated carbocycles. The highest BCUT2D eigenvalue weighted by atomic mass is 16.6. The van der Waals surface area contributed by atoms with Crippen molar-refractivity contribution in [3.05, 3.63) is 53.9 Å². The van der Waals surface area contributed by atoms with Crippen LogP contribution in [0.3, 0.4) is 0 Å². The van der Waals surface area contributed by atoms with E-state index in [1.54, 1.807) is 12.3 Å². The van der Waals surface area contributed by atoms with Gasteiger partial charge in [0.1, 0.15) is 5.60 Å². The van der Waals surface area contributed by atoms with Crippen molar-refractivity contribution in [2.45, 2.75) is 51.8 Å². The molecule has 1 amide bonds. The molecule has 2 aromatic rings. The zero-order chi connectivity index (χ0) is 21.9. The van der Waals surface area contributed by atoms with Gasteiger partial charge in [-0.3, -0.25) is 4.90 Å². The molecule has 30 heavy (non-hydrogen) atoms. The summed E-state index contributed by atoms with van der Waals surface area (Å²) in [7, 11) is 0. The molecule has 0 radical (unpaired) electrons. The minimum atomic E-state index is -0.901. The van der Waals surface area contributed by atoms with Crippen LogP contribution >= 0.6 is 0 Å². The van der Waals surface area contributed by atoms with Crippen LogP contribution in [0.4, 0.5) is 9.59 Å². The van der Waals surface area contributed by atoms with E-state index in [0.29, 0.717) is 32.6 Å². The average molecular weight is 415 g/mol. The van der Waals surface area contributed by atoms with E-state index >= 15 is 0 Å². The third-order valence-electron chi connectivity index (χ3n) is 5.12. The number of amides is 1. The van der Waals surface area contributed by atoms with E-state index in [1.165, 1.54) is 9.58 Å². The van der Waals surface area contributed by atoms with Crippen LogP contribution in [0, 0.1) is 0 Å². The molecule has 1 N–H and O–H groups in total. The van der Waals surface area contributed by atoms with Gasteiger partial charge in [0.15, 0.2) is 0 Å². The van der Waals surface area contributed by atoms with Crippen molar-refractivity contribution in [3.8, 4) is 0 Å². The number of benzene rings is 1. The van der Waals surface area contributed by atoms with Gasteiger partial charge in [-0.1, -0.05) is 30.3 Å². The summed E-state index contributed by atoms with van der Waals surface area (Å²) < 4.78 is 6.55. The van der Waals surface area contributed by atoms with Crippen molar-refractivity contribution < 1.29 is 19.4 Å². The van der Waals surface area contributed by atoms with Crippen LogP contribution in [-0.2, 0) is 17.7 Å². The average Bonchev–Trinajstić information content (AvgIpc) is 3.09. The molecule has 1 fully saturated rings. The molecule has 0 spiro atoms. The lowest BCUT2D eigenvalue weighted by molar-refractivity contribution is 0.0125. The second-order valence-corrected chi connectivity index (χ2v) is 9.04. The van der Waals surface area contributed by atoms with Gasteiger partial charge >= 0.3 is 12.2 Å². The minimum Gasteiger partial charge on any atom is -0.465 e. The van der Waals surface area contributed by atoms with E-state index in [-0.39, 0.29) is 0 Å². The fraction of sp³-hybridized carbons (Fsp3) is 0.500. The van der Waals surface area contributed by atoms with Crippen molar-refractivity contribution in [1.82, 2.24) is 19.6 Å². The molecule has 1 aromatic carbocycles. The first-order valence-electron chi connectivity index (χ1n) is 10.1. The Morgan fingerprint density at radius 1 is 1.17 bits per heavy atom. The minimum absolute atomic E-state index is 0.422. The smallest absolute Gasteiger partial charge is 0.435 e. The van der Waals surface area contributed by atoms with Crippen LogP contribution in [0.2, 0.25) is 0 Å². The van der Waals surface area contributed by atoms with Crippen molar-refractivity contribution in [2.24, 2.45) is 0 Å². The molecule has 0 aliphatic carbocycles. The van der Waals surface area contributed by atoms with E-state index in [0.717, 1.165) is 11.3 Å². The number of carboxylic acid groups (broad SMARTS) is 1. The van der Waals surface area contributed by atoms with E-state index in [2.05, 4.69) is 10.00 Å². The number of hydrogen-bond donors (Lipinski definition) is 1. The van der Waals surface area contributed by atoms with Gasteiger partial charge < -0.3 is 14.7 Å². The summed E-state index contributed by atoms with van der Waals surface area (Å²) in [6.45, 7) is 9.56. The zero-order valence-electron chi connectivity index (χ0n) is 18.0. The van der Waals surface area contributed by atoms with Crippen molar-refractivity contribution in [1.29, 1.82) is 0 Å². The van der Waals surface area contributed by atoms with E-state index in [4.69, 9.17) is 4.74 Å². The summed E-state index contributed by atoms with van der Waals surface area (Å²) >= 11 is 0. The molecule has 162 valence electrons. The van der Waals surface area contributed by atoms with E-state index < -0.39 is 23.3 Å². The number of carbonyl (C=O) groups excluding carboxylic acids is 1. The Bertz CT molecular complexity index is 890. The normalized spacial score (nSPS) is 20.2. The Labute approximate surface area is 177 Å². The first kappa shape index (κ1) is 21.8. The quantitative estimate of drug-likeness (QED) is 0.824. The van der Waals surface area contributed by atoms with Gasteiger partial charge in [0, 0.05) is 32.4 Å². The Hall–Kier alpha value is -2.87. The predicted octanol–water partition coefficient (Wildman–Crippen LogP) is 3.46. The number of carbonyl (C=O) groups is 2. The maximum Gasteiger partial charge on any atom is 0.435 e. The van der Waals surface area contributed by atoms with E-state index in [1.807, 2.05) is 58.0 Å². The molecule has 8 nitrogen and oxygen atoms in total.